The number of nitrogens with zero attached hydrogens (tertiary/aromatic N) is 5. The third-order valence-electron chi connectivity index (χ3n) is 1.69. The SMILES string of the molecule is [CH2]CC1(c2ncc[nH]2)N=NN=N1. The third-order valence-corrected chi connectivity index (χ3v) is 1.69. The molecule has 1 aromatic heterocycles. The molecule has 1 radical (unpaired) electrons. The lowest BCUT2D eigenvalue weighted by Gasteiger charge is -2.13. The molecule has 6 heteroatoms. The molecule has 1 aliphatic rings. The molecule has 0 saturated heterocycles. The van der Waals surface area contributed by atoms with Crippen LogP contribution in [0.1, 0.15) is 12.2 Å². The summed E-state index contributed by atoms with van der Waals surface area (Å²) < 4.78 is 0. The second kappa shape index (κ2) is 2.47. The molecule has 12 heavy (non-hydrogen) atoms. The highest BCUT2D eigenvalue weighted by Crippen LogP contribution is 2.32. The smallest absolute Gasteiger partial charge is 0.251 e. The standard InChI is InChI=1S/C6H7N6/c1-2-6(9-11-12-10-6)5-7-3-4-8-5/h3-4H,1-2H2,(H,7,8). The fraction of sp³-hybridized carbons (Fsp3) is 0.333. The Labute approximate surface area is 68.8 Å². The van der Waals surface area contributed by atoms with Gasteiger partial charge in [-0.1, -0.05) is 0 Å². The summed E-state index contributed by atoms with van der Waals surface area (Å²) in [4.78, 5) is 6.95. The zero-order chi connectivity index (χ0) is 8.44. The Morgan fingerprint density at radius 2 is 2.17 bits per heavy atom. The van der Waals surface area contributed by atoms with Gasteiger partial charge in [0.15, 0.2) is 5.82 Å². The maximum atomic E-state index is 4.04. The fourth-order valence-electron chi connectivity index (χ4n) is 1.01. The highest BCUT2D eigenvalue weighted by atomic mass is 15.6. The molecule has 0 bridgehead atoms. The van der Waals surface area contributed by atoms with Crippen molar-refractivity contribution >= 4 is 0 Å². The van der Waals surface area contributed by atoms with Crippen LogP contribution in [0.5, 0.6) is 0 Å². The number of hydrogen-bond donors (Lipinski definition) is 1. The van der Waals surface area contributed by atoms with Gasteiger partial charge in [-0.25, -0.2) is 4.98 Å². The summed E-state index contributed by atoms with van der Waals surface area (Å²) in [5, 5.41) is 14.6. The van der Waals surface area contributed by atoms with Crippen molar-refractivity contribution in [3.05, 3.63) is 25.1 Å². The summed E-state index contributed by atoms with van der Waals surface area (Å²) in [6.07, 6.45) is 3.79. The van der Waals surface area contributed by atoms with E-state index < -0.39 is 5.66 Å². The van der Waals surface area contributed by atoms with Crippen molar-refractivity contribution in [1.29, 1.82) is 0 Å². The molecule has 0 atom stereocenters. The molecule has 0 fully saturated rings. The van der Waals surface area contributed by atoms with Crippen molar-refractivity contribution in [2.75, 3.05) is 0 Å². The molecule has 0 aliphatic carbocycles. The number of imidazole rings is 1. The molecular weight excluding hydrogens is 156 g/mol. The molecule has 61 valence electrons. The molecular formula is C6H7N6. The first-order valence-electron chi connectivity index (χ1n) is 3.50. The van der Waals surface area contributed by atoms with E-state index in [2.05, 4.69) is 37.6 Å². The Morgan fingerprint density at radius 3 is 2.67 bits per heavy atom. The monoisotopic (exact) mass is 163 g/mol. The van der Waals surface area contributed by atoms with E-state index >= 15 is 0 Å². The third kappa shape index (κ3) is 0.843. The number of aromatic nitrogens is 2. The summed E-state index contributed by atoms with van der Waals surface area (Å²) in [7, 11) is 0. The van der Waals surface area contributed by atoms with Gasteiger partial charge < -0.3 is 4.98 Å². The molecule has 6 nitrogen and oxygen atoms in total. The molecule has 0 saturated carbocycles. The molecule has 2 heterocycles. The van der Waals surface area contributed by atoms with Gasteiger partial charge in [-0.05, 0) is 17.4 Å². The predicted octanol–water partition coefficient (Wildman–Crippen LogP) is 1.62. The van der Waals surface area contributed by atoms with Crippen molar-refractivity contribution in [1.82, 2.24) is 9.97 Å². The molecule has 2 rings (SSSR count). The Balaban J connectivity index is 2.42. The molecule has 0 spiro atoms. The Morgan fingerprint density at radius 1 is 1.42 bits per heavy atom. The van der Waals surface area contributed by atoms with Crippen LogP contribution in [-0.2, 0) is 5.66 Å². The zero-order valence-electron chi connectivity index (χ0n) is 6.30. The van der Waals surface area contributed by atoms with Gasteiger partial charge in [0.05, 0.1) is 0 Å². The van der Waals surface area contributed by atoms with Crippen molar-refractivity contribution in [2.45, 2.75) is 12.1 Å². The van der Waals surface area contributed by atoms with Crippen molar-refractivity contribution in [3.63, 3.8) is 0 Å². The first-order valence-corrected chi connectivity index (χ1v) is 3.50. The van der Waals surface area contributed by atoms with Gasteiger partial charge in [-0.15, -0.1) is 10.2 Å². The van der Waals surface area contributed by atoms with Gasteiger partial charge in [0.25, 0.3) is 5.66 Å². The van der Waals surface area contributed by atoms with E-state index in [1.54, 1.807) is 12.4 Å². The van der Waals surface area contributed by atoms with Crippen LogP contribution < -0.4 is 0 Å². The van der Waals surface area contributed by atoms with Gasteiger partial charge in [0.2, 0.25) is 0 Å². The highest BCUT2D eigenvalue weighted by Gasteiger charge is 2.35. The second-order valence-corrected chi connectivity index (χ2v) is 2.38. The Kier molecular flexibility index (Phi) is 1.46. The average Bonchev–Trinajstić information content (AvgIpc) is 2.76. The van der Waals surface area contributed by atoms with Gasteiger partial charge in [-0.3, -0.25) is 0 Å². The summed E-state index contributed by atoms with van der Waals surface area (Å²) in [5.41, 5.74) is -0.802. The lowest BCUT2D eigenvalue weighted by Crippen LogP contribution is -2.19. The second-order valence-electron chi connectivity index (χ2n) is 2.38. The lowest BCUT2D eigenvalue weighted by molar-refractivity contribution is 0.442. The van der Waals surface area contributed by atoms with Crippen LogP contribution in [-0.4, -0.2) is 9.97 Å². The van der Waals surface area contributed by atoms with Gasteiger partial charge in [0.1, 0.15) is 0 Å². The first kappa shape index (κ1) is 7.08. The van der Waals surface area contributed by atoms with Crippen molar-refractivity contribution in [2.24, 2.45) is 20.7 Å². The lowest BCUT2D eigenvalue weighted by atomic mass is 10.1. The number of H-pyrrole nitrogens is 1. The van der Waals surface area contributed by atoms with E-state index in [1.165, 1.54) is 0 Å². The Bertz CT molecular complexity index is 299. The van der Waals surface area contributed by atoms with Gasteiger partial charge in [-0.2, -0.15) is 0 Å². The van der Waals surface area contributed by atoms with E-state index in [-0.39, 0.29) is 0 Å². The maximum Gasteiger partial charge on any atom is 0.251 e. The number of nitrogens with one attached hydrogen (secondary N) is 1. The quantitative estimate of drug-likeness (QED) is 0.706. The normalized spacial score (nSPS) is 18.8. The van der Waals surface area contributed by atoms with Gasteiger partial charge >= 0.3 is 0 Å². The number of aromatic amines is 1. The van der Waals surface area contributed by atoms with Gasteiger partial charge in [0, 0.05) is 18.8 Å². The maximum absolute atomic E-state index is 4.04. The average molecular weight is 163 g/mol. The fourth-order valence-corrected chi connectivity index (χ4v) is 1.01. The molecule has 0 unspecified atom stereocenters. The minimum atomic E-state index is -0.802. The summed E-state index contributed by atoms with van der Waals surface area (Å²) in [6.45, 7) is 3.73. The molecule has 1 aromatic rings. The van der Waals surface area contributed by atoms with Crippen molar-refractivity contribution < 1.29 is 0 Å². The van der Waals surface area contributed by atoms with E-state index in [4.69, 9.17) is 0 Å². The van der Waals surface area contributed by atoms with E-state index in [1.807, 2.05) is 0 Å². The first-order chi connectivity index (χ1) is 5.87. The van der Waals surface area contributed by atoms with Crippen LogP contribution in [0.25, 0.3) is 0 Å². The van der Waals surface area contributed by atoms with E-state index in [9.17, 15) is 0 Å². The van der Waals surface area contributed by atoms with Crippen LogP contribution in [0.4, 0.5) is 0 Å². The number of hydrogen-bond acceptors (Lipinski definition) is 5. The highest BCUT2D eigenvalue weighted by molar-refractivity contribution is 5.06. The molecule has 1 N–H and O–H groups in total. The predicted molar refractivity (Wildman–Crippen MR) is 40.0 cm³/mol. The molecule has 0 aromatic carbocycles. The largest absolute Gasteiger partial charge is 0.345 e. The van der Waals surface area contributed by atoms with Crippen molar-refractivity contribution in [3.8, 4) is 0 Å². The minimum Gasteiger partial charge on any atom is -0.345 e. The van der Waals surface area contributed by atoms with Crippen LogP contribution in [0.15, 0.2) is 33.1 Å². The zero-order valence-corrected chi connectivity index (χ0v) is 6.30. The summed E-state index contributed by atoms with van der Waals surface area (Å²) in [5.74, 6) is 0.627. The summed E-state index contributed by atoms with van der Waals surface area (Å²) >= 11 is 0. The van der Waals surface area contributed by atoms with E-state index in [0.717, 1.165) is 0 Å². The molecule has 1 aliphatic heterocycles. The van der Waals surface area contributed by atoms with Crippen LogP contribution in [0, 0.1) is 6.92 Å². The van der Waals surface area contributed by atoms with Crippen LogP contribution in [0.3, 0.4) is 0 Å². The van der Waals surface area contributed by atoms with Crippen LogP contribution >= 0.6 is 0 Å². The Hall–Kier alpha value is -1.59. The van der Waals surface area contributed by atoms with E-state index in [0.29, 0.717) is 12.2 Å². The number of rotatable bonds is 2. The van der Waals surface area contributed by atoms with Crippen LogP contribution in [0.2, 0.25) is 0 Å². The topological polar surface area (TPSA) is 78.1 Å². The summed E-state index contributed by atoms with van der Waals surface area (Å²) in [6, 6.07) is 0. The minimum absolute atomic E-state index is 0.452. The molecule has 0 amide bonds.